The van der Waals surface area contributed by atoms with Gasteiger partial charge < -0.3 is 0 Å². The number of unbranched alkanes of at least 4 members (excludes halogenated alkanes) is 9. The number of benzene rings is 1. The van der Waals surface area contributed by atoms with E-state index in [1.54, 1.807) is 0 Å². The van der Waals surface area contributed by atoms with Gasteiger partial charge in [-0.2, -0.15) is 0 Å². The van der Waals surface area contributed by atoms with E-state index in [4.69, 9.17) is 0 Å². The monoisotopic (exact) mass is 341 g/mol. The van der Waals surface area contributed by atoms with Crippen molar-refractivity contribution in [3.05, 3.63) is 42.0 Å². The number of aryl methyl sites for hydroxylation is 1. The standard InChI is InChI=1S/C22H31NO2/c1-2-3-4-5-6-7-8-9-10-11-12-19-13-15-20(16-14-19)23-21(24)17-18-22(23)25/h13-18H,2-12H2,1H3. The molecule has 0 unspecified atom stereocenters. The molecule has 1 aromatic carbocycles. The third kappa shape index (κ3) is 6.49. The maximum Gasteiger partial charge on any atom is 0.258 e. The molecule has 3 heteroatoms. The molecule has 0 spiro atoms. The fraction of sp³-hybridized carbons (Fsp3) is 0.545. The molecule has 1 aliphatic rings. The second kappa shape index (κ2) is 10.9. The molecule has 0 aromatic heterocycles. The highest BCUT2D eigenvalue weighted by Gasteiger charge is 2.24. The smallest absolute Gasteiger partial charge is 0.258 e. The number of carbonyl (C=O) groups excluding carboxylic acids is 2. The Kier molecular flexibility index (Phi) is 8.44. The predicted molar refractivity (Wildman–Crippen MR) is 104 cm³/mol. The molecule has 1 aliphatic heterocycles. The predicted octanol–water partition coefficient (Wildman–Crippen LogP) is 5.58. The average Bonchev–Trinajstić information content (AvgIpc) is 2.96. The fourth-order valence-electron chi connectivity index (χ4n) is 3.28. The molecular formula is C22H31NO2. The van der Waals surface area contributed by atoms with Gasteiger partial charge in [-0.25, -0.2) is 4.90 Å². The molecular weight excluding hydrogens is 310 g/mol. The highest BCUT2D eigenvalue weighted by molar-refractivity contribution is 6.28. The highest BCUT2D eigenvalue weighted by Crippen LogP contribution is 2.20. The minimum absolute atomic E-state index is 0.257. The minimum Gasteiger partial charge on any atom is -0.269 e. The van der Waals surface area contributed by atoms with Gasteiger partial charge in [0.25, 0.3) is 11.8 Å². The molecule has 25 heavy (non-hydrogen) atoms. The van der Waals surface area contributed by atoms with E-state index in [2.05, 4.69) is 6.92 Å². The van der Waals surface area contributed by atoms with E-state index in [1.165, 1.54) is 86.8 Å². The Bertz CT molecular complexity index is 556. The third-order valence-electron chi connectivity index (χ3n) is 4.82. The van der Waals surface area contributed by atoms with Gasteiger partial charge in [0.1, 0.15) is 0 Å². The lowest BCUT2D eigenvalue weighted by Gasteiger charge is -2.14. The topological polar surface area (TPSA) is 37.4 Å². The maximum atomic E-state index is 11.7. The molecule has 0 radical (unpaired) electrons. The summed E-state index contributed by atoms with van der Waals surface area (Å²) in [4.78, 5) is 24.5. The van der Waals surface area contributed by atoms with Gasteiger partial charge in [-0.05, 0) is 30.5 Å². The number of rotatable bonds is 12. The molecule has 0 N–H and O–H groups in total. The van der Waals surface area contributed by atoms with E-state index in [9.17, 15) is 9.59 Å². The highest BCUT2D eigenvalue weighted by atomic mass is 16.2. The van der Waals surface area contributed by atoms with Gasteiger partial charge in [0.2, 0.25) is 0 Å². The molecule has 0 bridgehead atoms. The summed E-state index contributed by atoms with van der Waals surface area (Å²) in [5.41, 5.74) is 1.93. The third-order valence-corrected chi connectivity index (χ3v) is 4.82. The van der Waals surface area contributed by atoms with Crippen LogP contribution in [0.3, 0.4) is 0 Å². The van der Waals surface area contributed by atoms with Crippen molar-refractivity contribution in [1.29, 1.82) is 0 Å². The lowest BCUT2D eigenvalue weighted by Crippen LogP contribution is -2.29. The van der Waals surface area contributed by atoms with E-state index in [1.807, 2.05) is 24.3 Å². The molecule has 0 saturated heterocycles. The molecule has 136 valence electrons. The van der Waals surface area contributed by atoms with Gasteiger partial charge in [-0.1, -0.05) is 76.8 Å². The van der Waals surface area contributed by atoms with Crippen LogP contribution < -0.4 is 4.90 Å². The summed E-state index contributed by atoms with van der Waals surface area (Å²) in [7, 11) is 0. The first-order valence-corrected chi connectivity index (χ1v) is 9.87. The van der Waals surface area contributed by atoms with Crippen LogP contribution in [0, 0.1) is 0 Å². The van der Waals surface area contributed by atoms with Crippen molar-refractivity contribution in [3.8, 4) is 0 Å². The number of imide groups is 1. The van der Waals surface area contributed by atoms with Gasteiger partial charge in [0.05, 0.1) is 5.69 Å². The first-order valence-electron chi connectivity index (χ1n) is 9.87. The number of hydrogen-bond donors (Lipinski definition) is 0. The Hall–Kier alpha value is -1.90. The molecule has 2 rings (SSSR count). The van der Waals surface area contributed by atoms with E-state index >= 15 is 0 Å². The van der Waals surface area contributed by atoms with Crippen LogP contribution in [0.2, 0.25) is 0 Å². The summed E-state index contributed by atoms with van der Waals surface area (Å²) in [5, 5.41) is 0. The first kappa shape index (κ1) is 19.4. The first-order chi connectivity index (χ1) is 12.2. The normalized spacial score (nSPS) is 13.9. The van der Waals surface area contributed by atoms with Crippen LogP contribution in [0.25, 0.3) is 0 Å². The molecule has 0 aliphatic carbocycles. The molecule has 0 saturated carbocycles. The zero-order chi connectivity index (χ0) is 17.9. The molecule has 2 amide bonds. The number of anilines is 1. The fourth-order valence-corrected chi connectivity index (χ4v) is 3.28. The second-order valence-electron chi connectivity index (χ2n) is 6.94. The van der Waals surface area contributed by atoms with Crippen LogP contribution in [0.5, 0.6) is 0 Å². The van der Waals surface area contributed by atoms with Crippen molar-refractivity contribution in [2.45, 2.75) is 77.6 Å². The lowest BCUT2D eigenvalue weighted by molar-refractivity contribution is -0.119. The largest absolute Gasteiger partial charge is 0.269 e. The number of amides is 2. The summed E-state index contributed by atoms with van der Waals surface area (Å²) in [6, 6.07) is 7.80. The van der Waals surface area contributed by atoms with Crippen molar-refractivity contribution < 1.29 is 9.59 Å². The summed E-state index contributed by atoms with van der Waals surface area (Å²) in [6.07, 6.45) is 17.2. The van der Waals surface area contributed by atoms with Crippen molar-refractivity contribution >= 4 is 17.5 Å². The van der Waals surface area contributed by atoms with Crippen LogP contribution in [-0.2, 0) is 16.0 Å². The number of nitrogens with zero attached hydrogens (tertiary/aromatic N) is 1. The minimum atomic E-state index is -0.257. The van der Waals surface area contributed by atoms with Crippen LogP contribution >= 0.6 is 0 Å². The van der Waals surface area contributed by atoms with E-state index in [0.717, 1.165) is 6.42 Å². The van der Waals surface area contributed by atoms with Crippen molar-refractivity contribution in [2.75, 3.05) is 4.90 Å². The Morgan fingerprint density at radius 3 is 1.68 bits per heavy atom. The van der Waals surface area contributed by atoms with Crippen molar-refractivity contribution in [1.82, 2.24) is 0 Å². The van der Waals surface area contributed by atoms with E-state index in [-0.39, 0.29) is 11.8 Å². The Balaban J connectivity index is 1.58. The summed E-state index contributed by atoms with van der Waals surface area (Å²) >= 11 is 0. The zero-order valence-corrected chi connectivity index (χ0v) is 15.5. The van der Waals surface area contributed by atoms with Crippen LogP contribution in [0.4, 0.5) is 5.69 Å². The average molecular weight is 341 g/mol. The summed E-state index contributed by atoms with van der Waals surface area (Å²) < 4.78 is 0. The second-order valence-corrected chi connectivity index (χ2v) is 6.94. The van der Waals surface area contributed by atoms with Gasteiger partial charge in [-0.3, -0.25) is 9.59 Å². The molecule has 0 atom stereocenters. The lowest BCUT2D eigenvalue weighted by atomic mass is 10.0. The summed E-state index contributed by atoms with van der Waals surface area (Å²) in [5.74, 6) is -0.514. The number of hydrogen-bond acceptors (Lipinski definition) is 2. The Morgan fingerprint density at radius 2 is 1.16 bits per heavy atom. The van der Waals surface area contributed by atoms with Crippen LogP contribution in [0.15, 0.2) is 36.4 Å². The van der Waals surface area contributed by atoms with Crippen LogP contribution in [-0.4, -0.2) is 11.8 Å². The van der Waals surface area contributed by atoms with Gasteiger partial charge >= 0.3 is 0 Å². The number of carbonyl (C=O) groups is 2. The molecule has 3 nitrogen and oxygen atoms in total. The Morgan fingerprint density at radius 1 is 0.680 bits per heavy atom. The van der Waals surface area contributed by atoms with Gasteiger partial charge in [0.15, 0.2) is 0 Å². The zero-order valence-electron chi connectivity index (χ0n) is 15.5. The SMILES string of the molecule is CCCCCCCCCCCCc1ccc(N2C(=O)C=CC2=O)cc1. The summed E-state index contributed by atoms with van der Waals surface area (Å²) in [6.45, 7) is 2.26. The quantitative estimate of drug-likeness (QED) is 0.368. The Labute approximate surface area is 152 Å². The molecule has 1 aromatic rings. The van der Waals surface area contributed by atoms with E-state index < -0.39 is 0 Å². The van der Waals surface area contributed by atoms with Crippen LogP contribution in [0.1, 0.15) is 76.7 Å². The van der Waals surface area contributed by atoms with Crippen molar-refractivity contribution in [2.24, 2.45) is 0 Å². The van der Waals surface area contributed by atoms with Gasteiger partial charge in [-0.15, -0.1) is 0 Å². The molecule has 1 heterocycles. The van der Waals surface area contributed by atoms with Gasteiger partial charge in [0, 0.05) is 12.2 Å². The van der Waals surface area contributed by atoms with E-state index in [0.29, 0.717) is 5.69 Å². The van der Waals surface area contributed by atoms with Crippen molar-refractivity contribution in [3.63, 3.8) is 0 Å². The molecule has 0 fully saturated rings. The maximum absolute atomic E-state index is 11.7.